The molecule has 14 heavy (non-hydrogen) atoms. The number of carbonyl (C=O) groups excluding carboxylic acids is 1. The predicted octanol–water partition coefficient (Wildman–Crippen LogP) is -0.404. The fraction of sp³-hybridized carbons (Fsp3) is 0. The van der Waals surface area contributed by atoms with Crippen LogP contribution in [0, 0.1) is 17.5 Å². The molecule has 2 N–H and O–H groups in total. The van der Waals surface area contributed by atoms with E-state index in [1.807, 2.05) is 0 Å². The second kappa shape index (κ2) is 3.81. The molecular formula is C7H4BF3O3. The smallest absolute Gasteiger partial charge is 0.423 e. The van der Waals surface area contributed by atoms with Crippen molar-refractivity contribution in [1.82, 2.24) is 0 Å². The molecule has 1 rings (SSSR count). The summed E-state index contributed by atoms with van der Waals surface area (Å²) in [6.45, 7) is 0. The molecule has 0 bridgehead atoms. The molecule has 0 aliphatic heterocycles. The van der Waals surface area contributed by atoms with E-state index in [1.165, 1.54) is 0 Å². The maximum absolute atomic E-state index is 13.0. The number of benzene rings is 1. The van der Waals surface area contributed by atoms with Gasteiger partial charge in [0.25, 0.3) is 0 Å². The second-order valence-corrected chi connectivity index (χ2v) is 2.47. The average molecular weight is 204 g/mol. The standard InChI is InChI=1S/C7H4BF3O3/c9-4-1-5(10)6(8(13)14)7(11)3(4)2-12/h1-2,13-14H. The molecule has 0 radical (unpaired) electrons. The van der Waals surface area contributed by atoms with Crippen LogP contribution in [0.1, 0.15) is 10.4 Å². The van der Waals surface area contributed by atoms with Crippen molar-refractivity contribution in [3.05, 3.63) is 29.1 Å². The lowest BCUT2D eigenvalue weighted by Crippen LogP contribution is -2.37. The molecular weight excluding hydrogens is 200 g/mol. The first-order chi connectivity index (χ1) is 6.49. The molecule has 7 heteroatoms. The van der Waals surface area contributed by atoms with E-state index in [4.69, 9.17) is 10.0 Å². The average Bonchev–Trinajstić information content (AvgIpc) is 2.02. The van der Waals surface area contributed by atoms with Crippen LogP contribution in [0.4, 0.5) is 13.2 Å². The highest BCUT2D eigenvalue weighted by molar-refractivity contribution is 6.58. The summed E-state index contributed by atoms with van der Waals surface area (Å²) in [5.41, 5.74) is -2.18. The Labute approximate surface area is 76.9 Å². The van der Waals surface area contributed by atoms with Gasteiger partial charge in [-0.05, 0) is 0 Å². The number of hydrogen-bond acceptors (Lipinski definition) is 3. The topological polar surface area (TPSA) is 57.5 Å². The summed E-state index contributed by atoms with van der Waals surface area (Å²) in [4.78, 5) is 10.2. The fourth-order valence-electron chi connectivity index (χ4n) is 0.966. The summed E-state index contributed by atoms with van der Waals surface area (Å²) < 4.78 is 38.5. The van der Waals surface area contributed by atoms with Gasteiger partial charge >= 0.3 is 7.12 Å². The third-order valence-electron chi connectivity index (χ3n) is 1.62. The zero-order valence-corrected chi connectivity index (χ0v) is 6.67. The Morgan fingerprint density at radius 3 is 2.21 bits per heavy atom. The van der Waals surface area contributed by atoms with Gasteiger partial charge in [0.15, 0.2) is 6.29 Å². The van der Waals surface area contributed by atoms with E-state index in [0.717, 1.165) is 0 Å². The van der Waals surface area contributed by atoms with E-state index in [0.29, 0.717) is 0 Å². The number of aldehydes is 1. The van der Waals surface area contributed by atoms with Gasteiger partial charge in [-0.1, -0.05) is 0 Å². The highest BCUT2D eigenvalue weighted by Gasteiger charge is 2.26. The van der Waals surface area contributed by atoms with Crippen molar-refractivity contribution in [2.75, 3.05) is 0 Å². The molecule has 1 aromatic carbocycles. The molecule has 0 saturated carbocycles. The summed E-state index contributed by atoms with van der Waals surface area (Å²) in [7, 11) is -2.44. The van der Waals surface area contributed by atoms with E-state index in [9.17, 15) is 18.0 Å². The zero-order chi connectivity index (χ0) is 10.9. The Kier molecular flexibility index (Phi) is 2.92. The van der Waals surface area contributed by atoms with Crippen molar-refractivity contribution in [3.8, 4) is 0 Å². The second-order valence-electron chi connectivity index (χ2n) is 2.47. The molecule has 0 aliphatic carbocycles. The molecule has 0 spiro atoms. The van der Waals surface area contributed by atoms with E-state index in [2.05, 4.69) is 0 Å². The lowest BCUT2D eigenvalue weighted by molar-refractivity contribution is 0.111. The van der Waals surface area contributed by atoms with Crippen molar-refractivity contribution < 1.29 is 28.0 Å². The van der Waals surface area contributed by atoms with Crippen molar-refractivity contribution in [3.63, 3.8) is 0 Å². The quantitative estimate of drug-likeness (QED) is 0.508. The lowest BCUT2D eigenvalue weighted by Gasteiger charge is -2.05. The first kappa shape index (κ1) is 10.7. The van der Waals surface area contributed by atoms with Crippen LogP contribution in [0.5, 0.6) is 0 Å². The molecule has 0 unspecified atom stereocenters. The van der Waals surface area contributed by atoms with Crippen LogP contribution in [-0.2, 0) is 0 Å². The Balaban J connectivity index is 3.51. The lowest BCUT2D eigenvalue weighted by atomic mass is 9.78. The van der Waals surface area contributed by atoms with Crippen molar-refractivity contribution >= 4 is 18.9 Å². The number of carbonyl (C=O) groups is 1. The van der Waals surface area contributed by atoms with Gasteiger partial charge in [0.2, 0.25) is 0 Å². The molecule has 0 saturated heterocycles. The third-order valence-corrected chi connectivity index (χ3v) is 1.62. The largest absolute Gasteiger partial charge is 0.494 e. The van der Waals surface area contributed by atoms with E-state index in [-0.39, 0.29) is 12.4 Å². The molecule has 0 fully saturated rings. The van der Waals surface area contributed by atoms with Gasteiger partial charge < -0.3 is 10.0 Å². The van der Waals surface area contributed by atoms with Crippen molar-refractivity contribution in [2.24, 2.45) is 0 Å². The number of rotatable bonds is 2. The maximum Gasteiger partial charge on any atom is 0.494 e. The Morgan fingerprint density at radius 1 is 1.21 bits per heavy atom. The van der Waals surface area contributed by atoms with E-state index in [1.54, 1.807) is 0 Å². The fourth-order valence-corrected chi connectivity index (χ4v) is 0.966. The number of halogens is 3. The first-order valence-electron chi connectivity index (χ1n) is 3.47. The summed E-state index contributed by atoms with van der Waals surface area (Å²) in [6, 6.07) is 0.210. The SMILES string of the molecule is O=Cc1c(F)cc(F)c(B(O)O)c1F. The molecule has 74 valence electrons. The zero-order valence-electron chi connectivity index (χ0n) is 6.67. The van der Waals surface area contributed by atoms with Crippen LogP contribution in [0.15, 0.2) is 6.07 Å². The Hall–Kier alpha value is -1.34. The molecule has 0 atom stereocenters. The van der Waals surface area contributed by atoms with Crippen LogP contribution in [0.2, 0.25) is 0 Å². The third kappa shape index (κ3) is 1.64. The van der Waals surface area contributed by atoms with E-state index >= 15 is 0 Å². The van der Waals surface area contributed by atoms with Gasteiger partial charge in [-0.2, -0.15) is 0 Å². The van der Waals surface area contributed by atoms with Gasteiger partial charge in [0.1, 0.15) is 17.5 Å². The minimum Gasteiger partial charge on any atom is -0.423 e. The Bertz CT molecular complexity index is 381. The normalized spacial score (nSPS) is 10.1. The summed E-state index contributed by atoms with van der Waals surface area (Å²) in [6.07, 6.45) is -0.171. The predicted molar refractivity (Wildman–Crippen MR) is 41.5 cm³/mol. The van der Waals surface area contributed by atoms with Crippen molar-refractivity contribution in [2.45, 2.75) is 0 Å². The van der Waals surface area contributed by atoms with Crippen LogP contribution in [0.25, 0.3) is 0 Å². The van der Waals surface area contributed by atoms with Gasteiger partial charge in [0.05, 0.1) is 11.0 Å². The first-order valence-corrected chi connectivity index (χ1v) is 3.47. The molecule has 0 heterocycles. The highest BCUT2D eigenvalue weighted by atomic mass is 19.1. The van der Waals surface area contributed by atoms with Crippen LogP contribution in [-0.4, -0.2) is 23.5 Å². The van der Waals surface area contributed by atoms with Gasteiger partial charge in [-0.15, -0.1) is 0 Å². The minimum absolute atomic E-state index is 0.171. The van der Waals surface area contributed by atoms with Gasteiger partial charge in [-0.3, -0.25) is 4.79 Å². The van der Waals surface area contributed by atoms with E-state index < -0.39 is 35.6 Å². The Morgan fingerprint density at radius 2 is 1.79 bits per heavy atom. The summed E-state index contributed by atoms with van der Waals surface area (Å²) in [5, 5.41) is 17.1. The monoisotopic (exact) mass is 204 g/mol. The van der Waals surface area contributed by atoms with Gasteiger partial charge in [0, 0.05) is 6.07 Å². The summed E-state index contributed by atoms with van der Waals surface area (Å²) >= 11 is 0. The highest BCUT2D eigenvalue weighted by Crippen LogP contribution is 2.11. The molecule has 0 amide bonds. The molecule has 0 aromatic heterocycles. The van der Waals surface area contributed by atoms with Crippen LogP contribution < -0.4 is 5.46 Å². The molecule has 0 aliphatic rings. The van der Waals surface area contributed by atoms with Gasteiger partial charge in [-0.25, -0.2) is 13.2 Å². The minimum atomic E-state index is -2.44. The van der Waals surface area contributed by atoms with Crippen molar-refractivity contribution in [1.29, 1.82) is 0 Å². The number of hydrogen-bond donors (Lipinski definition) is 2. The molecule has 3 nitrogen and oxygen atoms in total. The maximum atomic E-state index is 13.0. The van der Waals surface area contributed by atoms with Crippen LogP contribution >= 0.6 is 0 Å². The van der Waals surface area contributed by atoms with Crippen LogP contribution in [0.3, 0.4) is 0 Å². The summed E-state index contributed by atoms with van der Waals surface area (Å²) in [5.74, 6) is -4.45. The molecule has 1 aromatic rings.